The highest BCUT2D eigenvalue weighted by Gasteiger charge is 2.11. The van der Waals surface area contributed by atoms with Gasteiger partial charge in [-0.1, -0.05) is 23.8 Å². The summed E-state index contributed by atoms with van der Waals surface area (Å²) in [4.78, 5) is 12.5. The van der Waals surface area contributed by atoms with Crippen LogP contribution in [0.2, 0.25) is 0 Å². The van der Waals surface area contributed by atoms with Crippen LogP contribution in [0.15, 0.2) is 75.3 Å². The highest BCUT2D eigenvalue weighted by atomic mass is 32.2. The van der Waals surface area contributed by atoms with Crippen molar-refractivity contribution in [2.45, 2.75) is 11.8 Å². The summed E-state index contributed by atoms with van der Waals surface area (Å²) >= 11 is 1.30. The molecule has 0 unspecified atom stereocenters. The van der Waals surface area contributed by atoms with Crippen LogP contribution in [0.1, 0.15) is 20.8 Å². The molecule has 132 valence electrons. The van der Waals surface area contributed by atoms with E-state index in [1.807, 2.05) is 6.92 Å². The van der Waals surface area contributed by atoms with Crippen LogP contribution in [0.5, 0.6) is 5.75 Å². The number of nitrogens with zero attached hydrogens (tertiary/aromatic N) is 1. The molecule has 1 aromatic heterocycles. The van der Waals surface area contributed by atoms with Gasteiger partial charge in [-0.25, -0.2) is 4.79 Å². The van der Waals surface area contributed by atoms with Crippen molar-refractivity contribution in [3.05, 3.63) is 82.0 Å². The Morgan fingerprint density at radius 1 is 1.04 bits per heavy atom. The van der Waals surface area contributed by atoms with Gasteiger partial charge in [0.05, 0.1) is 4.90 Å². The molecule has 0 amide bonds. The van der Waals surface area contributed by atoms with Crippen molar-refractivity contribution < 1.29 is 17.9 Å². The van der Waals surface area contributed by atoms with E-state index in [4.69, 9.17) is 4.74 Å². The number of ether oxygens (including phenoxy) is 1. The molecule has 0 bridgehead atoms. The molecule has 0 saturated heterocycles. The second kappa shape index (κ2) is 7.63. The molecule has 0 aliphatic carbocycles. The third-order valence-corrected chi connectivity index (χ3v) is 5.57. The summed E-state index contributed by atoms with van der Waals surface area (Å²) in [5.41, 5.74) is 1.55. The van der Waals surface area contributed by atoms with Gasteiger partial charge in [-0.15, -0.1) is 11.3 Å². The standard InChI is InChI=1S/C19H15NO4S2/c1-14-4-10-17(11-5-14)26(22,23)20-13-15-6-8-16(9-7-15)24-19(21)18-3-2-12-25-18/h2-13H,1H3/b20-13-. The molecule has 3 rings (SSSR count). The number of esters is 1. The summed E-state index contributed by atoms with van der Waals surface area (Å²) in [5.74, 6) is -0.0506. The van der Waals surface area contributed by atoms with Crippen LogP contribution in [0.4, 0.5) is 0 Å². The zero-order valence-electron chi connectivity index (χ0n) is 13.8. The van der Waals surface area contributed by atoms with Gasteiger partial charge in [0.2, 0.25) is 0 Å². The molecule has 0 spiro atoms. The van der Waals surface area contributed by atoms with E-state index in [1.165, 1.54) is 29.7 Å². The largest absolute Gasteiger partial charge is 0.422 e. The molecular formula is C19H15NO4S2. The average Bonchev–Trinajstić information content (AvgIpc) is 3.16. The maximum absolute atomic E-state index is 12.2. The Labute approximate surface area is 155 Å². The minimum Gasteiger partial charge on any atom is -0.422 e. The fraction of sp³-hybridized carbons (Fsp3) is 0.0526. The van der Waals surface area contributed by atoms with Crippen molar-refractivity contribution >= 4 is 33.5 Å². The molecule has 0 N–H and O–H groups in total. The molecule has 26 heavy (non-hydrogen) atoms. The number of carbonyl (C=O) groups is 1. The van der Waals surface area contributed by atoms with E-state index in [1.54, 1.807) is 53.9 Å². The molecule has 7 heteroatoms. The molecule has 5 nitrogen and oxygen atoms in total. The minimum absolute atomic E-state index is 0.140. The first-order valence-electron chi connectivity index (χ1n) is 7.67. The van der Waals surface area contributed by atoms with E-state index in [9.17, 15) is 13.2 Å². The maximum atomic E-state index is 12.2. The summed E-state index contributed by atoms with van der Waals surface area (Å²) in [6.07, 6.45) is 1.26. The summed E-state index contributed by atoms with van der Waals surface area (Å²) in [7, 11) is -3.75. The third-order valence-electron chi connectivity index (χ3n) is 3.47. The molecule has 0 saturated carbocycles. The van der Waals surface area contributed by atoms with Crippen molar-refractivity contribution in [2.75, 3.05) is 0 Å². The van der Waals surface area contributed by atoms with Crippen LogP contribution < -0.4 is 4.74 Å². The van der Waals surface area contributed by atoms with Gasteiger partial charge >= 0.3 is 5.97 Å². The molecule has 0 aliphatic rings. The number of benzene rings is 2. The maximum Gasteiger partial charge on any atom is 0.353 e. The monoisotopic (exact) mass is 385 g/mol. The summed E-state index contributed by atoms with van der Waals surface area (Å²) < 4.78 is 33.3. The van der Waals surface area contributed by atoms with Crippen LogP contribution in [0.25, 0.3) is 0 Å². The Morgan fingerprint density at radius 2 is 1.73 bits per heavy atom. The SMILES string of the molecule is Cc1ccc(S(=O)(=O)/N=C\c2ccc(OC(=O)c3cccs3)cc2)cc1. The molecule has 1 heterocycles. The van der Waals surface area contributed by atoms with Crippen LogP contribution in [-0.4, -0.2) is 20.6 Å². The third kappa shape index (κ3) is 4.44. The lowest BCUT2D eigenvalue weighted by atomic mass is 10.2. The van der Waals surface area contributed by atoms with Crippen LogP contribution in [-0.2, 0) is 10.0 Å². The second-order valence-corrected chi connectivity index (χ2v) is 8.04. The summed E-state index contributed by atoms with van der Waals surface area (Å²) in [6, 6.07) is 16.4. The van der Waals surface area contributed by atoms with E-state index in [2.05, 4.69) is 4.40 Å². The lowest BCUT2D eigenvalue weighted by molar-refractivity contribution is 0.0740. The highest BCUT2D eigenvalue weighted by Crippen LogP contribution is 2.17. The number of hydrogen-bond acceptors (Lipinski definition) is 5. The highest BCUT2D eigenvalue weighted by molar-refractivity contribution is 7.90. The van der Waals surface area contributed by atoms with Gasteiger partial charge in [-0.2, -0.15) is 12.8 Å². The van der Waals surface area contributed by atoms with E-state index in [-0.39, 0.29) is 4.90 Å². The number of thiophene rings is 1. The zero-order valence-corrected chi connectivity index (χ0v) is 15.5. The molecule has 0 aliphatic heterocycles. The number of hydrogen-bond donors (Lipinski definition) is 0. The van der Waals surface area contributed by atoms with E-state index < -0.39 is 16.0 Å². The lowest BCUT2D eigenvalue weighted by Gasteiger charge is -2.03. The van der Waals surface area contributed by atoms with E-state index in [0.29, 0.717) is 16.2 Å². The first-order valence-corrected chi connectivity index (χ1v) is 9.99. The quantitative estimate of drug-likeness (QED) is 0.377. The second-order valence-electron chi connectivity index (χ2n) is 5.46. The van der Waals surface area contributed by atoms with Gasteiger partial charge in [0.15, 0.2) is 0 Å². The number of aryl methyl sites for hydroxylation is 1. The van der Waals surface area contributed by atoms with Crippen molar-refractivity contribution in [1.82, 2.24) is 0 Å². The smallest absolute Gasteiger partial charge is 0.353 e. The Bertz CT molecular complexity index is 1020. The average molecular weight is 385 g/mol. The van der Waals surface area contributed by atoms with E-state index in [0.717, 1.165) is 5.56 Å². The van der Waals surface area contributed by atoms with E-state index >= 15 is 0 Å². The van der Waals surface area contributed by atoms with Crippen molar-refractivity contribution in [1.29, 1.82) is 0 Å². The van der Waals surface area contributed by atoms with Crippen LogP contribution in [0.3, 0.4) is 0 Å². The summed E-state index contributed by atoms with van der Waals surface area (Å²) in [6.45, 7) is 1.88. The Kier molecular flexibility index (Phi) is 5.29. The zero-order chi connectivity index (χ0) is 18.6. The first-order chi connectivity index (χ1) is 12.4. The Balaban J connectivity index is 1.69. The van der Waals surface area contributed by atoms with Crippen molar-refractivity contribution in [2.24, 2.45) is 4.40 Å². The molecule has 3 aromatic rings. The molecule has 0 fully saturated rings. The van der Waals surface area contributed by atoms with Gasteiger partial charge in [0, 0.05) is 6.21 Å². The number of sulfonamides is 1. The van der Waals surface area contributed by atoms with Gasteiger partial charge < -0.3 is 4.74 Å². The number of rotatable bonds is 5. The molecule has 0 atom stereocenters. The van der Waals surface area contributed by atoms with Crippen LogP contribution in [0, 0.1) is 6.92 Å². The predicted octanol–water partition coefficient (Wildman–Crippen LogP) is 4.08. The van der Waals surface area contributed by atoms with Gasteiger partial charge in [0.25, 0.3) is 10.0 Å². The Morgan fingerprint density at radius 3 is 2.35 bits per heavy atom. The first kappa shape index (κ1) is 18.0. The minimum atomic E-state index is -3.75. The fourth-order valence-corrected chi connectivity index (χ4v) is 3.54. The topological polar surface area (TPSA) is 72.8 Å². The molecular weight excluding hydrogens is 370 g/mol. The molecule has 0 radical (unpaired) electrons. The van der Waals surface area contributed by atoms with Gasteiger partial charge in [0.1, 0.15) is 10.6 Å². The normalized spacial score (nSPS) is 11.6. The van der Waals surface area contributed by atoms with Crippen LogP contribution >= 0.6 is 11.3 Å². The van der Waals surface area contributed by atoms with Gasteiger partial charge in [-0.05, 0) is 60.3 Å². The summed E-state index contributed by atoms with van der Waals surface area (Å²) in [5, 5.41) is 1.80. The fourth-order valence-electron chi connectivity index (χ4n) is 2.08. The van der Waals surface area contributed by atoms with Crippen molar-refractivity contribution in [3.63, 3.8) is 0 Å². The van der Waals surface area contributed by atoms with Gasteiger partial charge in [-0.3, -0.25) is 0 Å². The van der Waals surface area contributed by atoms with Crippen molar-refractivity contribution in [3.8, 4) is 5.75 Å². The Hall–Kier alpha value is -2.77. The number of carbonyl (C=O) groups excluding carboxylic acids is 1. The predicted molar refractivity (Wildman–Crippen MR) is 102 cm³/mol. The lowest BCUT2D eigenvalue weighted by Crippen LogP contribution is -2.06. The molecule has 2 aromatic carbocycles.